The van der Waals surface area contributed by atoms with Crippen molar-refractivity contribution in [3.05, 3.63) is 103 Å². The molecule has 2 aliphatic carbocycles. The van der Waals surface area contributed by atoms with Crippen molar-refractivity contribution in [1.29, 1.82) is 0 Å². The summed E-state index contributed by atoms with van der Waals surface area (Å²) in [6, 6.07) is 9.79. The second kappa shape index (κ2) is 24.0. The monoisotopic (exact) mass is 982 g/mol. The van der Waals surface area contributed by atoms with Gasteiger partial charge in [-0.25, -0.2) is 9.59 Å². The van der Waals surface area contributed by atoms with Gasteiger partial charge < -0.3 is 46.1 Å². The number of hydrogen-bond acceptors (Lipinski definition) is 11. The van der Waals surface area contributed by atoms with Gasteiger partial charge in [0.05, 0.1) is 75.2 Å². The summed E-state index contributed by atoms with van der Waals surface area (Å²) in [7, 11) is 0. The Morgan fingerprint density at radius 3 is 1.74 bits per heavy atom. The number of benzene rings is 2. The number of nitrogens with zero attached hydrogens (tertiary/aromatic N) is 4. The Morgan fingerprint density at radius 1 is 0.735 bits per heavy atom. The highest BCUT2D eigenvalue weighted by atomic mass is 35.5. The molecule has 0 spiro atoms. The number of amides is 2. The molecule has 2 amide bonds. The highest BCUT2D eigenvalue weighted by molar-refractivity contribution is 6.34. The normalized spacial score (nSPS) is 18.8. The van der Waals surface area contributed by atoms with Crippen molar-refractivity contribution in [2.24, 2.45) is 0 Å². The molecule has 4 aliphatic rings. The third kappa shape index (κ3) is 13.7. The first-order chi connectivity index (χ1) is 32.7. The molecule has 2 aromatic heterocycles. The van der Waals surface area contributed by atoms with Gasteiger partial charge in [-0.15, -0.1) is 0 Å². The molecule has 0 bridgehead atoms. The Balaban J connectivity index is 0.000000201. The van der Waals surface area contributed by atoms with Crippen LogP contribution in [0.1, 0.15) is 110 Å². The van der Waals surface area contributed by atoms with Crippen LogP contribution in [0.2, 0.25) is 10.0 Å². The molecule has 0 radical (unpaired) electrons. The lowest BCUT2D eigenvalue weighted by atomic mass is 9.94. The van der Waals surface area contributed by atoms with Crippen LogP contribution in [0.4, 0.5) is 0 Å². The Bertz CT molecular complexity index is 2430. The summed E-state index contributed by atoms with van der Waals surface area (Å²) in [5.74, 6) is -0.744. The SMILES string of the molecule is Cc1cn(-c2ccc(Cl)c(C(=O)NCC3(O)CCCCCC3)c2)c(=O)n1CCCOC1CNC1.O=C(NCC1(O)CCCCCC1)c1cc(-n2ccn(CC(O)COC3CNC3)c2=O)ccc1Cl. The van der Waals surface area contributed by atoms with Gasteiger partial charge in [0, 0.05) is 76.7 Å². The molecule has 4 aromatic rings. The zero-order valence-electron chi connectivity index (χ0n) is 39.0. The second-order valence-corrected chi connectivity index (χ2v) is 19.7. The molecule has 1 unspecified atom stereocenters. The number of carbonyl (C=O) groups is 2. The smallest absolute Gasteiger partial charge is 0.332 e. The highest BCUT2D eigenvalue weighted by Gasteiger charge is 2.30. The predicted octanol–water partition coefficient (Wildman–Crippen LogP) is 4.25. The lowest BCUT2D eigenvalue weighted by Crippen LogP contribution is -2.49. The minimum Gasteiger partial charge on any atom is -0.389 e. The van der Waals surface area contributed by atoms with Gasteiger partial charge in [0.1, 0.15) is 0 Å². The van der Waals surface area contributed by atoms with Crippen molar-refractivity contribution in [3.8, 4) is 11.4 Å². The van der Waals surface area contributed by atoms with Crippen molar-refractivity contribution in [2.45, 2.75) is 133 Å². The number of hydrogen-bond donors (Lipinski definition) is 7. The van der Waals surface area contributed by atoms with Gasteiger partial charge in [-0.2, -0.15) is 0 Å². The summed E-state index contributed by atoms with van der Waals surface area (Å²) in [5, 5.41) is 44.4. The zero-order chi connectivity index (χ0) is 48.3. The molecule has 2 aliphatic heterocycles. The number of rotatable bonds is 18. The molecule has 2 aromatic carbocycles. The van der Waals surface area contributed by atoms with Crippen molar-refractivity contribution < 1.29 is 34.4 Å². The quantitative estimate of drug-likeness (QED) is 0.0553. The molecule has 1 atom stereocenters. The van der Waals surface area contributed by atoms with Crippen LogP contribution in [0.15, 0.2) is 64.6 Å². The van der Waals surface area contributed by atoms with Crippen LogP contribution in [-0.2, 0) is 22.6 Å². The van der Waals surface area contributed by atoms with Crippen LogP contribution in [0.25, 0.3) is 11.4 Å². The minimum absolute atomic E-state index is 0.103. The number of aliphatic hydroxyl groups is 3. The summed E-state index contributed by atoms with van der Waals surface area (Å²) in [5.41, 5.74) is 0.144. The van der Waals surface area contributed by atoms with Crippen LogP contribution in [0, 0.1) is 6.92 Å². The first-order valence-corrected chi connectivity index (χ1v) is 25.0. The number of aryl methyl sites for hydroxylation is 1. The molecular formula is C49H68Cl2N8O9. The Labute approximate surface area is 407 Å². The molecule has 8 rings (SSSR count). The van der Waals surface area contributed by atoms with E-state index >= 15 is 0 Å². The first-order valence-electron chi connectivity index (χ1n) is 24.2. The maximum absolute atomic E-state index is 13.1. The number of aromatic nitrogens is 4. The van der Waals surface area contributed by atoms with Gasteiger partial charge in [-0.1, -0.05) is 74.6 Å². The van der Waals surface area contributed by atoms with Crippen molar-refractivity contribution in [3.63, 3.8) is 0 Å². The van der Waals surface area contributed by atoms with Crippen molar-refractivity contribution >= 4 is 35.0 Å². The van der Waals surface area contributed by atoms with Gasteiger partial charge in [-0.05, 0) is 75.4 Å². The summed E-state index contributed by atoms with van der Waals surface area (Å²) in [6.07, 6.45) is 16.2. The van der Waals surface area contributed by atoms with Gasteiger partial charge in [-0.3, -0.25) is 27.9 Å². The zero-order valence-corrected chi connectivity index (χ0v) is 40.5. The minimum atomic E-state index is -0.899. The van der Waals surface area contributed by atoms with E-state index in [0.29, 0.717) is 55.2 Å². The molecule has 2 saturated heterocycles. The molecule has 372 valence electrons. The molecule has 68 heavy (non-hydrogen) atoms. The largest absolute Gasteiger partial charge is 0.389 e. The Morgan fingerprint density at radius 2 is 1.24 bits per heavy atom. The molecule has 4 heterocycles. The van der Waals surface area contributed by atoms with Crippen LogP contribution < -0.4 is 32.6 Å². The lowest BCUT2D eigenvalue weighted by molar-refractivity contribution is -0.0346. The number of halogens is 2. The van der Waals surface area contributed by atoms with Gasteiger partial charge in [0.25, 0.3) is 11.8 Å². The topological polar surface area (TPSA) is 215 Å². The molecule has 7 N–H and O–H groups in total. The van der Waals surface area contributed by atoms with E-state index in [1.165, 1.54) is 13.7 Å². The average Bonchev–Trinajstić information content (AvgIpc) is 3.55. The van der Waals surface area contributed by atoms with E-state index in [-0.39, 0.29) is 71.9 Å². The molecule has 17 nitrogen and oxygen atoms in total. The van der Waals surface area contributed by atoms with Crippen LogP contribution in [-0.4, -0.2) is 127 Å². The predicted molar refractivity (Wildman–Crippen MR) is 261 cm³/mol. The number of ether oxygens (including phenoxy) is 2. The standard InChI is InChI=1S/C25H35ClN4O4.C24H33ClN4O5/c1-18-16-30(24(32)29(18)11-6-12-34-20-14-27-15-20)19-7-8-22(26)21(13-19)23(31)28-17-25(33)9-4-2-3-5-10-25;25-21-6-5-17(11-20(21)22(31)27-16-24(33)7-3-1-2-4-8-24)29-10-9-28(23(29)32)14-18(30)15-34-19-12-26-13-19/h7-8,13,16,20,27,33H,2-6,9-12,14-15,17H2,1H3,(H,28,31);5-6,9-11,18-19,26,30,33H,1-4,7-8,12-16H2,(H,27,31). The van der Waals surface area contributed by atoms with E-state index in [1.807, 2.05) is 6.92 Å². The van der Waals surface area contributed by atoms with Crippen LogP contribution in [0.3, 0.4) is 0 Å². The first kappa shape index (κ1) is 51.5. The van der Waals surface area contributed by atoms with Gasteiger partial charge >= 0.3 is 11.4 Å². The number of carbonyl (C=O) groups excluding carboxylic acids is 2. The van der Waals surface area contributed by atoms with Crippen molar-refractivity contribution in [1.82, 2.24) is 39.5 Å². The summed E-state index contributed by atoms with van der Waals surface area (Å²) >= 11 is 12.6. The fourth-order valence-corrected chi connectivity index (χ4v) is 9.45. The van der Waals surface area contributed by atoms with Gasteiger partial charge in [0.2, 0.25) is 0 Å². The van der Waals surface area contributed by atoms with E-state index in [9.17, 15) is 34.5 Å². The summed E-state index contributed by atoms with van der Waals surface area (Å²) in [6.45, 7) is 7.02. The van der Waals surface area contributed by atoms with Crippen LogP contribution >= 0.6 is 23.2 Å². The number of imidazole rings is 2. The highest BCUT2D eigenvalue weighted by Crippen LogP contribution is 2.29. The van der Waals surface area contributed by atoms with Gasteiger partial charge in [0.15, 0.2) is 0 Å². The molecule has 4 fully saturated rings. The van der Waals surface area contributed by atoms with Crippen molar-refractivity contribution in [2.75, 3.05) is 52.5 Å². The number of nitrogens with one attached hydrogen (secondary N) is 4. The van der Waals surface area contributed by atoms with E-state index in [2.05, 4.69) is 21.3 Å². The fraction of sp³-hybridized carbons (Fsp3) is 0.592. The maximum atomic E-state index is 13.1. The number of aliphatic hydroxyl groups excluding tert-OH is 1. The average molecular weight is 984 g/mol. The summed E-state index contributed by atoms with van der Waals surface area (Å²) < 4.78 is 17.4. The van der Waals surface area contributed by atoms with E-state index in [4.69, 9.17) is 32.7 Å². The third-order valence-corrected chi connectivity index (χ3v) is 14.2. The second-order valence-electron chi connectivity index (χ2n) is 18.9. The van der Waals surface area contributed by atoms with E-state index in [0.717, 1.165) is 89.7 Å². The molecular weight excluding hydrogens is 915 g/mol. The van der Waals surface area contributed by atoms with E-state index in [1.54, 1.807) is 59.6 Å². The van der Waals surface area contributed by atoms with Crippen LogP contribution in [0.5, 0.6) is 0 Å². The third-order valence-electron chi connectivity index (χ3n) is 13.5. The fourth-order valence-electron chi connectivity index (χ4n) is 9.04. The lowest BCUT2D eigenvalue weighted by Gasteiger charge is -2.28. The van der Waals surface area contributed by atoms with E-state index < -0.39 is 23.2 Å². The Hall–Kier alpha value is -4.30. The molecule has 2 saturated carbocycles. The summed E-state index contributed by atoms with van der Waals surface area (Å²) in [4.78, 5) is 51.7. The molecule has 19 heteroatoms. The maximum Gasteiger partial charge on any atom is 0.332 e. The Kier molecular flexibility index (Phi) is 18.2.